The van der Waals surface area contributed by atoms with Gasteiger partial charge in [-0.25, -0.2) is 17.5 Å². The van der Waals surface area contributed by atoms with Crippen molar-refractivity contribution in [3.05, 3.63) is 29.6 Å². The lowest BCUT2D eigenvalue weighted by atomic mass is 10.1. The molecule has 1 N–H and O–H groups in total. The largest absolute Gasteiger partial charge is 0.380 e. The van der Waals surface area contributed by atoms with Gasteiger partial charge < -0.3 is 9.47 Å². The second kappa shape index (κ2) is 6.17. The van der Waals surface area contributed by atoms with Gasteiger partial charge in [0.1, 0.15) is 5.82 Å². The van der Waals surface area contributed by atoms with Crippen LogP contribution in [0.15, 0.2) is 23.1 Å². The van der Waals surface area contributed by atoms with Crippen LogP contribution in [0.2, 0.25) is 0 Å². The van der Waals surface area contributed by atoms with Crippen LogP contribution < -0.4 is 4.72 Å². The summed E-state index contributed by atoms with van der Waals surface area (Å²) in [7, 11) is -2.27. The van der Waals surface area contributed by atoms with E-state index in [2.05, 4.69) is 4.72 Å². The molecule has 5 nitrogen and oxygen atoms in total. The molecule has 0 radical (unpaired) electrons. The Hall–Kier alpha value is -1.02. The molecule has 1 saturated heterocycles. The second-order valence-corrected chi connectivity index (χ2v) is 6.46. The number of ether oxygens (including phenoxy) is 2. The van der Waals surface area contributed by atoms with E-state index in [4.69, 9.17) is 9.47 Å². The molecular weight excluding hydrogens is 285 g/mol. The molecule has 2 rings (SSSR count). The minimum absolute atomic E-state index is 0.0575. The number of benzene rings is 1. The molecule has 7 heteroatoms. The molecule has 0 spiro atoms. The summed E-state index contributed by atoms with van der Waals surface area (Å²) >= 11 is 0. The highest BCUT2D eigenvalue weighted by atomic mass is 32.2. The zero-order valence-electron chi connectivity index (χ0n) is 11.4. The summed E-state index contributed by atoms with van der Waals surface area (Å²) in [4.78, 5) is -0.0575. The van der Waals surface area contributed by atoms with Crippen LogP contribution >= 0.6 is 0 Å². The van der Waals surface area contributed by atoms with Crippen LogP contribution in [0.25, 0.3) is 0 Å². The lowest BCUT2D eigenvalue weighted by molar-refractivity contribution is -0.0305. The zero-order valence-corrected chi connectivity index (χ0v) is 12.2. The van der Waals surface area contributed by atoms with E-state index in [9.17, 15) is 12.8 Å². The summed E-state index contributed by atoms with van der Waals surface area (Å²) in [5.41, 5.74) is 0.490. The normalized spacial score (nSPS) is 23.8. The Labute approximate surface area is 118 Å². The number of halogens is 1. The van der Waals surface area contributed by atoms with Crippen LogP contribution in [0.5, 0.6) is 0 Å². The molecule has 0 saturated carbocycles. The molecule has 0 aromatic heterocycles. The Morgan fingerprint density at radius 1 is 1.45 bits per heavy atom. The average Bonchev–Trinajstić information content (AvgIpc) is 2.41. The van der Waals surface area contributed by atoms with Crippen molar-refractivity contribution in [1.29, 1.82) is 0 Å². The van der Waals surface area contributed by atoms with Crippen molar-refractivity contribution in [2.45, 2.75) is 30.4 Å². The first-order chi connectivity index (χ1) is 9.44. The van der Waals surface area contributed by atoms with E-state index >= 15 is 0 Å². The topological polar surface area (TPSA) is 64.6 Å². The Kier molecular flexibility index (Phi) is 4.74. The molecule has 0 aliphatic carbocycles. The highest BCUT2D eigenvalue weighted by Crippen LogP contribution is 2.19. The fraction of sp³-hybridized carbons (Fsp3) is 0.538. The molecule has 20 heavy (non-hydrogen) atoms. The van der Waals surface area contributed by atoms with Gasteiger partial charge in [0.25, 0.3) is 0 Å². The van der Waals surface area contributed by atoms with Gasteiger partial charge in [-0.1, -0.05) is 6.07 Å². The Bertz CT molecular complexity index is 576. The monoisotopic (exact) mass is 303 g/mol. The van der Waals surface area contributed by atoms with Gasteiger partial charge >= 0.3 is 0 Å². The lowest BCUT2D eigenvalue weighted by Gasteiger charge is -2.30. The molecule has 112 valence electrons. The van der Waals surface area contributed by atoms with Crippen molar-refractivity contribution in [3.8, 4) is 0 Å². The van der Waals surface area contributed by atoms with Crippen LogP contribution in [0.1, 0.15) is 12.0 Å². The highest BCUT2D eigenvalue weighted by molar-refractivity contribution is 7.89. The summed E-state index contributed by atoms with van der Waals surface area (Å²) in [5, 5.41) is 0. The molecule has 1 aliphatic heterocycles. The minimum atomic E-state index is -3.81. The molecule has 1 aromatic carbocycles. The van der Waals surface area contributed by atoms with Crippen LogP contribution in [-0.4, -0.2) is 40.9 Å². The number of rotatable bonds is 4. The minimum Gasteiger partial charge on any atom is -0.380 e. The predicted octanol–water partition coefficient (Wildman–Crippen LogP) is 1.22. The van der Waals surface area contributed by atoms with Gasteiger partial charge in [-0.3, -0.25) is 0 Å². The summed E-state index contributed by atoms with van der Waals surface area (Å²) in [5.74, 6) is -0.584. The van der Waals surface area contributed by atoms with E-state index in [-0.39, 0.29) is 17.6 Å². The molecular formula is C13H18FNO4S. The quantitative estimate of drug-likeness (QED) is 0.908. The maximum absolute atomic E-state index is 13.3. The van der Waals surface area contributed by atoms with Crippen molar-refractivity contribution in [1.82, 2.24) is 4.72 Å². The molecule has 0 amide bonds. The average molecular weight is 303 g/mol. The smallest absolute Gasteiger partial charge is 0.241 e. The van der Waals surface area contributed by atoms with E-state index in [1.165, 1.54) is 19.2 Å². The number of hydrogen-bond acceptors (Lipinski definition) is 4. The Morgan fingerprint density at radius 2 is 2.20 bits per heavy atom. The van der Waals surface area contributed by atoms with Crippen LogP contribution in [0, 0.1) is 12.7 Å². The maximum atomic E-state index is 13.3. The number of sulfonamides is 1. The van der Waals surface area contributed by atoms with E-state index in [0.29, 0.717) is 18.6 Å². The molecule has 1 aliphatic rings. The lowest BCUT2D eigenvalue weighted by Crippen LogP contribution is -2.50. The van der Waals surface area contributed by atoms with Crippen molar-refractivity contribution < 1.29 is 22.3 Å². The van der Waals surface area contributed by atoms with Crippen molar-refractivity contribution in [2.75, 3.05) is 20.3 Å². The van der Waals surface area contributed by atoms with Crippen LogP contribution in [-0.2, 0) is 19.5 Å². The standard InChI is InChI=1S/C13H18FNO4S/c1-9-3-4-10(14)7-13(9)20(16,17)15-11-8-19-6-5-12(11)18-2/h3-4,7,11-12,15H,5-6,8H2,1-2H3/t11-,12-/m1/s1. The SMILES string of the molecule is CO[C@@H]1CCOC[C@H]1NS(=O)(=O)c1cc(F)ccc1C. The molecule has 0 bridgehead atoms. The number of nitrogens with one attached hydrogen (secondary N) is 1. The van der Waals surface area contributed by atoms with Crippen LogP contribution in [0.3, 0.4) is 0 Å². The third-order valence-corrected chi connectivity index (χ3v) is 4.97. The molecule has 0 unspecified atom stereocenters. The second-order valence-electron chi connectivity index (χ2n) is 4.78. The van der Waals surface area contributed by atoms with Gasteiger partial charge in [0.05, 0.1) is 23.6 Å². The fourth-order valence-electron chi connectivity index (χ4n) is 2.24. The summed E-state index contributed by atoms with van der Waals surface area (Å²) in [6.07, 6.45) is 0.374. The van der Waals surface area contributed by atoms with Gasteiger partial charge in [-0.05, 0) is 31.0 Å². The third-order valence-electron chi connectivity index (χ3n) is 3.34. The maximum Gasteiger partial charge on any atom is 0.241 e. The van der Waals surface area contributed by atoms with Gasteiger partial charge in [0, 0.05) is 13.7 Å². The van der Waals surface area contributed by atoms with Crippen LogP contribution in [0.4, 0.5) is 4.39 Å². The number of aryl methyl sites for hydroxylation is 1. The van der Waals surface area contributed by atoms with Gasteiger partial charge in [0.2, 0.25) is 10.0 Å². The fourth-order valence-corrected chi connectivity index (χ4v) is 3.74. The summed E-state index contributed by atoms with van der Waals surface area (Å²) in [6.45, 7) is 2.40. The predicted molar refractivity (Wildman–Crippen MR) is 71.5 cm³/mol. The molecule has 1 heterocycles. The number of methoxy groups -OCH3 is 1. The first kappa shape index (κ1) is 15.4. The molecule has 1 aromatic rings. The number of hydrogen-bond donors (Lipinski definition) is 1. The van der Waals surface area contributed by atoms with Crippen molar-refractivity contribution >= 4 is 10.0 Å². The van der Waals surface area contributed by atoms with Crippen molar-refractivity contribution in [3.63, 3.8) is 0 Å². The van der Waals surface area contributed by atoms with Crippen molar-refractivity contribution in [2.24, 2.45) is 0 Å². The van der Waals surface area contributed by atoms with E-state index < -0.39 is 21.9 Å². The van der Waals surface area contributed by atoms with E-state index in [1.807, 2.05) is 0 Å². The Balaban J connectivity index is 2.24. The van der Waals surface area contributed by atoms with Gasteiger partial charge in [-0.15, -0.1) is 0 Å². The Morgan fingerprint density at radius 3 is 2.90 bits per heavy atom. The third kappa shape index (κ3) is 3.35. The van der Waals surface area contributed by atoms with Gasteiger partial charge in [-0.2, -0.15) is 0 Å². The van der Waals surface area contributed by atoms with E-state index in [0.717, 1.165) is 6.07 Å². The highest BCUT2D eigenvalue weighted by Gasteiger charge is 2.30. The van der Waals surface area contributed by atoms with E-state index in [1.54, 1.807) is 6.92 Å². The molecule has 2 atom stereocenters. The summed E-state index contributed by atoms with van der Waals surface area (Å²) in [6, 6.07) is 3.22. The summed E-state index contributed by atoms with van der Waals surface area (Å²) < 4.78 is 51.0. The zero-order chi connectivity index (χ0) is 14.8. The first-order valence-electron chi connectivity index (χ1n) is 6.33. The van der Waals surface area contributed by atoms with Gasteiger partial charge in [0.15, 0.2) is 0 Å². The molecule has 1 fully saturated rings. The first-order valence-corrected chi connectivity index (χ1v) is 7.81.